The highest BCUT2D eigenvalue weighted by molar-refractivity contribution is 6.07. The van der Waals surface area contributed by atoms with Gasteiger partial charge in [0.1, 0.15) is 5.75 Å². The van der Waals surface area contributed by atoms with Crippen molar-refractivity contribution in [2.24, 2.45) is 0 Å². The molecule has 4 aromatic rings. The summed E-state index contributed by atoms with van der Waals surface area (Å²) in [6.45, 7) is 1.02. The van der Waals surface area contributed by atoms with Crippen molar-refractivity contribution in [1.82, 2.24) is 4.57 Å². The number of benzene rings is 3. The molecule has 0 bridgehead atoms. The monoisotopic (exact) mass is 346 g/mol. The van der Waals surface area contributed by atoms with Gasteiger partial charge in [0.25, 0.3) is 0 Å². The first-order chi connectivity index (χ1) is 12.8. The molecule has 0 aliphatic carbocycles. The van der Waals surface area contributed by atoms with Gasteiger partial charge < -0.3 is 19.7 Å². The number of fused-ring (bicyclic) bond motifs is 3. The molecule has 0 aliphatic heterocycles. The number of methoxy groups -OCH3 is 1. The molecule has 0 unspecified atom stereocenters. The molecule has 1 heterocycles. The van der Waals surface area contributed by atoms with Gasteiger partial charge in [0.05, 0.1) is 19.8 Å². The predicted molar refractivity (Wildman–Crippen MR) is 107 cm³/mol. The third-order valence-corrected chi connectivity index (χ3v) is 4.71. The maximum Gasteiger partial charge on any atom is 0.119 e. The van der Waals surface area contributed by atoms with E-state index < -0.39 is 6.10 Å². The Morgan fingerprint density at radius 1 is 0.885 bits per heavy atom. The van der Waals surface area contributed by atoms with Crippen LogP contribution in [-0.2, 0) is 6.54 Å². The number of nitrogens with zero attached hydrogens (tertiary/aromatic N) is 1. The SMILES string of the molecule is COc1ccc(NC[C@H](O)Cn2c3ccccc3c3ccccc32)cc1. The molecule has 26 heavy (non-hydrogen) atoms. The van der Waals surface area contributed by atoms with E-state index in [1.165, 1.54) is 10.8 Å². The molecule has 0 aliphatic rings. The van der Waals surface area contributed by atoms with Crippen molar-refractivity contribution in [3.8, 4) is 5.75 Å². The fraction of sp³-hybridized carbons (Fsp3) is 0.182. The Morgan fingerprint density at radius 2 is 1.46 bits per heavy atom. The number of rotatable bonds is 6. The molecule has 0 fully saturated rings. The van der Waals surface area contributed by atoms with Crippen LogP contribution in [0, 0.1) is 0 Å². The van der Waals surface area contributed by atoms with Crippen molar-refractivity contribution in [1.29, 1.82) is 0 Å². The second-order valence-corrected chi connectivity index (χ2v) is 6.41. The number of nitrogens with one attached hydrogen (secondary N) is 1. The number of ether oxygens (including phenoxy) is 1. The first-order valence-corrected chi connectivity index (χ1v) is 8.78. The fourth-order valence-electron chi connectivity index (χ4n) is 3.42. The van der Waals surface area contributed by atoms with Gasteiger partial charge in [-0.05, 0) is 36.4 Å². The summed E-state index contributed by atoms with van der Waals surface area (Å²) in [7, 11) is 1.65. The van der Waals surface area contributed by atoms with Crippen LogP contribution in [0.15, 0.2) is 72.8 Å². The largest absolute Gasteiger partial charge is 0.497 e. The van der Waals surface area contributed by atoms with Crippen LogP contribution in [0.4, 0.5) is 5.69 Å². The van der Waals surface area contributed by atoms with Gasteiger partial charge in [-0.25, -0.2) is 0 Å². The van der Waals surface area contributed by atoms with Crippen LogP contribution in [0.3, 0.4) is 0 Å². The smallest absolute Gasteiger partial charge is 0.119 e. The van der Waals surface area contributed by atoms with E-state index >= 15 is 0 Å². The minimum absolute atomic E-state index is 0.479. The minimum atomic E-state index is -0.503. The molecule has 4 heteroatoms. The minimum Gasteiger partial charge on any atom is -0.497 e. The lowest BCUT2D eigenvalue weighted by molar-refractivity contribution is 0.169. The van der Waals surface area contributed by atoms with E-state index in [1.54, 1.807) is 7.11 Å². The highest BCUT2D eigenvalue weighted by Crippen LogP contribution is 2.28. The zero-order valence-electron chi connectivity index (χ0n) is 14.7. The summed E-state index contributed by atoms with van der Waals surface area (Å²) in [5.41, 5.74) is 3.27. The summed E-state index contributed by atoms with van der Waals surface area (Å²) in [6.07, 6.45) is -0.503. The van der Waals surface area contributed by atoms with Crippen LogP contribution in [0.5, 0.6) is 5.75 Å². The van der Waals surface area contributed by atoms with E-state index in [1.807, 2.05) is 36.4 Å². The van der Waals surface area contributed by atoms with Gasteiger partial charge in [-0.15, -0.1) is 0 Å². The molecule has 0 amide bonds. The van der Waals surface area contributed by atoms with E-state index in [4.69, 9.17) is 4.74 Å². The number of anilines is 1. The van der Waals surface area contributed by atoms with Gasteiger partial charge in [-0.1, -0.05) is 36.4 Å². The van der Waals surface area contributed by atoms with Gasteiger partial charge in [0.15, 0.2) is 0 Å². The molecule has 3 aromatic carbocycles. The van der Waals surface area contributed by atoms with Gasteiger partial charge in [0, 0.05) is 34.0 Å². The van der Waals surface area contributed by atoms with Crippen LogP contribution in [0.2, 0.25) is 0 Å². The first-order valence-electron chi connectivity index (χ1n) is 8.78. The highest BCUT2D eigenvalue weighted by atomic mass is 16.5. The summed E-state index contributed by atoms with van der Waals surface area (Å²) < 4.78 is 7.37. The quantitative estimate of drug-likeness (QED) is 0.548. The van der Waals surface area contributed by atoms with Gasteiger partial charge in [-0.3, -0.25) is 0 Å². The van der Waals surface area contributed by atoms with Crippen LogP contribution in [0.1, 0.15) is 0 Å². The molecular weight excluding hydrogens is 324 g/mol. The third-order valence-electron chi connectivity index (χ3n) is 4.71. The lowest BCUT2D eigenvalue weighted by Gasteiger charge is -2.15. The molecule has 0 saturated carbocycles. The highest BCUT2D eigenvalue weighted by Gasteiger charge is 2.13. The predicted octanol–water partition coefficient (Wildman–Crippen LogP) is 4.28. The molecule has 0 radical (unpaired) electrons. The fourth-order valence-corrected chi connectivity index (χ4v) is 3.42. The number of aliphatic hydroxyl groups excluding tert-OH is 1. The normalized spacial score (nSPS) is 12.4. The molecule has 132 valence electrons. The molecule has 1 aromatic heterocycles. The zero-order chi connectivity index (χ0) is 17.9. The summed E-state index contributed by atoms with van der Waals surface area (Å²) in [5.74, 6) is 0.821. The number of aliphatic hydroxyl groups is 1. The average molecular weight is 346 g/mol. The van der Waals surface area contributed by atoms with Crippen molar-refractivity contribution < 1.29 is 9.84 Å². The maximum absolute atomic E-state index is 10.6. The Balaban J connectivity index is 1.54. The topological polar surface area (TPSA) is 46.4 Å². The van der Waals surface area contributed by atoms with Crippen LogP contribution >= 0.6 is 0 Å². The Bertz CT molecular complexity index is 968. The van der Waals surface area contributed by atoms with Crippen molar-refractivity contribution >= 4 is 27.5 Å². The van der Waals surface area contributed by atoms with Crippen LogP contribution in [-0.4, -0.2) is 29.4 Å². The maximum atomic E-state index is 10.6. The molecule has 0 spiro atoms. The van der Waals surface area contributed by atoms with Crippen molar-refractivity contribution in [2.45, 2.75) is 12.6 Å². The van der Waals surface area contributed by atoms with Gasteiger partial charge in [0.2, 0.25) is 0 Å². The van der Waals surface area contributed by atoms with Crippen LogP contribution < -0.4 is 10.1 Å². The second-order valence-electron chi connectivity index (χ2n) is 6.41. The van der Waals surface area contributed by atoms with E-state index in [2.05, 4.69) is 46.3 Å². The van der Waals surface area contributed by atoms with Gasteiger partial charge in [-0.2, -0.15) is 0 Å². The Morgan fingerprint density at radius 3 is 2.04 bits per heavy atom. The van der Waals surface area contributed by atoms with Crippen molar-refractivity contribution in [3.05, 3.63) is 72.8 Å². The zero-order valence-corrected chi connectivity index (χ0v) is 14.7. The summed E-state index contributed by atoms with van der Waals surface area (Å²) in [5, 5.41) is 16.3. The van der Waals surface area contributed by atoms with Crippen molar-refractivity contribution in [2.75, 3.05) is 19.0 Å². The van der Waals surface area contributed by atoms with E-state index in [0.29, 0.717) is 13.1 Å². The summed E-state index contributed by atoms with van der Waals surface area (Å²) >= 11 is 0. The number of para-hydroxylation sites is 2. The average Bonchev–Trinajstić information content (AvgIpc) is 3.01. The lowest BCUT2D eigenvalue weighted by atomic mass is 10.2. The first kappa shape index (κ1) is 16.5. The third kappa shape index (κ3) is 3.11. The molecule has 2 N–H and O–H groups in total. The molecular formula is C22H22N2O2. The molecule has 1 atom stereocenters. The van der Waals surface area contributed by atoms with Crippen molar-refractivity contribution in [3.63, 3.8) is 0 Å². The Labute approximate surface area is 152 Å². The Kier molecular flexibility index (Phi) is 4.50. The Hall–Kier alpha value is -2.98. The van der Waals surface area contributed by atoms with Gasteiger partial charge >= 0.3 is 0 Å². The molecule has 0 saturated heterocycles. The van der Waals surface area contributed by atoms with Crippen LogP contribution in [0.25, 0.3) is 21.8 Å². The summed E-state index contributed by atoms with van der Waals surface area (Å²) in [6, 6.07) is 24.4. The lowest BCUT2D eigenvalue weighted by Crippen LogP contribution is -2.24. The number of aromatic nitrogens is 1. The standard InChI is InChI=1S/C22H22N2O2/c1-26-18-12-10-16(11-13-18)23-14-17(25)15-24-21-8-4-2-6-19(21)20-7-3-5-9-22(20)24/h2-13,17,23,25H,14-15H2,1H3/t17-/m0/s1. The number of hydrogen-bond acceptors (Lipinski definition) is 3. The van der Waals surface area contributed by atoms with E-state index in [0.717, 1.165) is 22.5 Å². The van der Waals surface area contributed by atoms with E-state index in [-0.39, 0.29) is 0 Å². The van der Waals surface area contributed by atoms with E-state index in [9.17, 15) is 5.11 Å². The summed E-state index contributed by atoms with van der Waals surface area (Å²) in [4.78, 5) is 0. The molecule has 4 rings (SSSR count). The molecule has 4 nitrogen and oxygen atoms in total. The number of hydrogen-bond donors (Lipinski definition) is 2. The second kappa shape index (κ2) is 7.10.